The summed E-state index contributed by atoms with van der Waals surface area (Å²) >= 11 is 0. The summed E-state index contributed by atoms with van der Waals surface area (Å²) in [6.45, 7) is 3.47. The van der Waals surface area contributed by atoms with Crippen LogP contribution in [0.4, 0.5) is 8.78 Å². The number of nitrogens with one attached hydrogen (secondary N) is 1. The molecule has 146 valence electrons. The molecular weight excluding hydrogens is 350 g/mol. The molecule has 2 amide bonds. The highest BCUT2D eigenvalue weighted by atomic mass is 19.1. The second kappa shape index (κ2) is 6.57. The number of carbonyl (C=O) groups excluding carboxylic acids is 2. The van der Waals surface area contributed by atoms with Crippen molar-refractivity contribution in [3.8, 4) is 0 Å². The van der Waals surface area contributed by atoms with E-state index in [1.807, 2.05) is 13.0 Å². The average molecular weight is 376 g/mol. The molecular formula is C21H26F2N2O2. The molecule has 4 rings (SSSR count). The fourth-order valence-electron chi connectivity index (χ4n) is 4.93. The first kappa shape index (κ1) is 18.4. The van der Waals surface area contributed by atoms with Gasteiger partial charge in [-0.3, -0.25) is 9.59 Å². The minimum atomic E-state index is -1.63. The summed E-state index contributed by atoms with van der Waals surface area (Å²) in [7, 11) is 0. The van der Waals surface area contributed by atoms with Crippen LogP contribution in [0.3, 0.4) is 0 Å². The van der Waals surface area contributed by atoms with E-state index in [0.717, 1.165) is 17.5 Å². The molecule has 1 atom stereocenters. The number of rotatable bonds is 4. The summed E-state index contributed by atoms with van der Waals surface area (Å²) in [6.07, 6.45) is 3.22. The molecule has 0 radical (unpaired) electrons. The molecule has 6 heteroatoms. The fraction of sp³-hybridized carbons (Fsp3) is 0.619. The number of piperidine rings is 1. The van der Waals surface area contributed by atoms with Gasteiger partial charge in [-0.05, 0) is 73.6 Å². The van der Waals surface area contributed by atoms with Crippen LogP contribution in [0.15, 0.2) is 18.2 Å². The lowest BCUT2D eigenvalue weighted by Gasteiger charge is -2.41. The molecule has 0 unspecified atom stereocenters. The Bertz CT molecular complexity index is 767. The lowest BCUT2D eigenvalue weighted by atomic mass is 9.73. The number of benzene rings is 1. The monoisotopic (exact) mass is 376 g/mol. The average Bonchev–Trinajstić information content (AvgIpc) is 3.34. The number of hydrogen-bond acceptors (Lipinski definition) is 2. The molecule has 1 spiro atoms. The summed E-state index contributed by atoms with van der Waals surface area (Å²) in [4.78, 5) is 26.1. The van der Waals surface area contributed by atoms with Gasteiger partial charge in [-0.1, -0.05) is 6.07 Å². The van der Waals surface area contributed by atoms with Crippen molar-refractivity contribution in [3.05, 3.63) is 35.1 Å². The van der Waals surface area contributed by atoms with Gasteiger partial charge in [-0.25, -0.2) is 8.78 Å². The Morgan fingerprint density at radius 2 is 1.93 bits per heavy atom. The Hall–Kier alpha value is -1.98. The van der Waals surface area contributed by atoms with E-state index in [2.05, 4.69) is 5.32 Å². The molecule has 1 aromatic carbocycles. The smallest absolute Gasteiger partial charge is 0.260 e. The summed E-state index contributed by atoms with van der Waals surface area (Å²) in [6, 6.07) is 4.87. The highest BCUT2D eigenvalue weighted by Gasteiger charge is 2.54. The van der Waals surface area contributed by atoms with Crippen LogP contribution in [0, 0.1) is 5.82 Å². The van der Waals surface area contributed by atoms with Gasteiger partial charge >= 0.3 is 0 Å². The van der Waals surface area contributed by atoms with Crippen molar-refractivity contribution in [1.29, 1.82) is 0 Å². The van der Waals surface area contributed by atoms with E-state index in [1.165, 1.54) is 6.07 Å². The topological polar surface area (TPSA) is 49.4 Å². The number of hydrogen-bond donors (Lipinski definition) is 1. The molecule has 4 nitrogen and oxygen atoms in total. The molecule has 1 N–H and O–H groups in total. The largest absolute Gasteiger partial charge is 0.356 e. The van der Waals surface area contributed by atoms with Crippen LogP contribution in [-0.4, -0.2) is 42.0 Å². The Morgan fingerprint density at radius 3 is 2.56 bits per heavy atom. The van der Waals surface area contributed by atoms with Gasteiger partial charge in [0.05, 0.1) is 0 Å². The highest BCUT2D eigenvalue weighted by Crippen LogP contribution is 2.53. The van der Waals surface area contributed by atoms with Crippen LogP contribution in [0.2, 0.25) is 0 Å². The third kappa shape index (κ3) is 3.23. The van der Waals surface area contributed by atoms with Gasteiger partial charge < -0.3 is 10.2 Å². The number of fused-ring (bicyclic) bond motifs is 2. The third-order valence-electron chi connectivity index (χ3n) is 6.55. The van der Waals surface area contributed by atoms with Gasteiger partial charge in [0.1, 0.15) is 5.82 Å². The van der Waals surface area contributed by atoms with Crippen molar-refractivity contribution in [1.82, 2.24) is 10.2 Å². The summed E-state index contributed by atoms with van der Waals surface area (Å²) in [5.74, 6) is -0.583. The van der Waals surface area contributed by atoms with Crippen molar-refractivity contribution in [2.45, 2.75) is 62.5 Å². The molecule has 0 aromatic heterocycles. The SMILES string of the molecule is CCNC(=O)C[C@@H]1CC2(CCN(C(=O)C3(F)CC3)CC2)c2cc(F)ccc21. The molecule has 2 aliphatic carbocycles. The van der Waals surface area contributed by atoms with E-state index in [1.54, 1.807) is 11.0 Å². The Balaban J connectivity index is 1.54. The van der Waals surface area contributed by atoms with Crippen LogP contribution in [0.25, 0.3) is 0 Å². The maximum Gasteiger partial charge on any atom is 0.260 e. The van der Waals surface area contributed by atoms with Gasteiger partial charge in [-0.2, -0.15) is 0 Å². The van der Waals surface area contributed by atoms with E-state index in [4.69, 9.17) is 0 Å². The quantitative estimate of drug-likeness (QED) is 0.877. The number of halogens is 2. The first-order valence-corrected chi connectivity index (χ1v) is 9.92. The van der Waals surface area contributed by atoms with Crippen LogP contribution in [0.1, 0.15) is 62.5 Å². The van der Waals surface area contributed by atoms with Crippen molar-refractivity contribution >= 4 is 11.8 Å². The van der Waals surface area contributed by atoms with Crippen molar-refractivity contribution in [2.75, 3.05) is 19.6 Å². The second-order valence-corrected chi connectivity index (χ2v) is 8.33. The molecule has 1 aliphatic heterocycles. The zero-order valence-corrected chi connectivity index (χ0v) is 15.7. The second-order valence-electron chi connectivity index (χ2n) is 8.33. The van der Waals surface area contributed by atoms with E-state index in [9.17, 15) is 18.4 Å². The van der Waals surface area contributed by atoms with E-state index in [-0.39, 0.29) is 29.0 Å². The van der Waals surface area contributed by atoms with Crippen molar-refractivity contribution in [2.24, 2.45) is 0 Å². The maximum absolute atomic E-state index is 14.1. The molecule has 1 aromatic rings. The Morgan fingerprint density at radius 1 is 1.22 bits per heavy atom. The van der Waals surface area contributed by atoms with E-state index >= 15 is 0 Å². The van der Waals surface area contributed by atoms with Crippen LogP contribution in [0.5, 0.6) is 0 Å². The van der Waals surface area contributed by atoms with Gasteiger partial charge in [0.2, 0.25) is 5.91 Å². The van der Waals surface area contributed by atoms with Gasteiger partial charge in [-0.15, -0.1) is 0 Å². The van der Waals surface area contributed by atoms with Crippen LogP contribution in [-0.2, 0) is 15.0 Å². The molecule has 0 bridgehead atoms. The van der Waals surface area contributed by atoms with Gasteiger partial charge in [0, 0.05) is 26.1 Å². The minimum absolute atomic E-state index is 0.00976. The van der Waals surface area contributed by atoms with E-state index in [0.29, 0.717) is 51.7 Å². The number of likely N-dealkylation sites (tertiary alicyclic amines) is 1. The predicted molar refractivity (Wildman–Crippen MR) is 97.6 cm³/mol. The predicted octanol–water partition coefficient (Wildman–Crippen LogP) is 3.20. The maximum atomic E-state index is 14.1. The first-order chi connectivity index (χ1) is 12.9. The number of alkyl halides is 1. The Kier molecular flexibility index (Phi) is 4.47. The van der Waals surface area contributed by atoms with Crippen LogP contribution < -0.4 is 5.32 Å². The van der Waals surface area contributed by atoms with Gasteiger partial charge in [0.15, 0.2) is 5.67 Å². The zero-order chi connectivity index (χ0) is 19.2. The van der Waals surface area contributed by atoms with Crippen molar-refractivity contribution in [3.63, 3.8) is 0 Å². The zero-order valence-electron chi connectivity index (χ0n) is 15.7. The highest BCUT2D eigenvalue weighted by molar-refractivity contribution is 5.88. The molecule has 27 heavy (non-hydrogen) atoms. The summed E-state index contributed by atoms with van der Waals surface area (Å²) in [5, 5.41) is 2.84. The number of nitrogens with zero attached hydrogens (tertiary/aromatic N) is 1. The molecule has 1 heterocycles. The minimum Gasteiger partial charge on any atom is -0.356 e. The van der Waals surface area contributed by atoms with Crippen LogP contribution >= 0.6 is 0 Å². The van der Waals surface area contributed by atoms with Gasteiger partial charge in [0.25, 0.3) is 5.91 Å². The summed E-state index contributed by atoms with van der Waals surface area (Å²) < 4.78 is 28.1. The lowest BCUT2D eigenvalue weighted by molar-refractivity contribution is -0.139. The van der Waals surface area contributed by atoms with E-state index < -0.39 is 5.67 Å². The van der Waals surface area contributed by atoms with Crippen molar-refractivity contribution < 1.29 is 18.4 Å². The molecule has 1 saturated heterocycles. The summed E-state index contributed by atoms with van der Waals surface area (Å²) in [5.41, 5.74) is 0.167. The number of amides is 2. The molecule has 2 fully saturated rings. The number of carbonyl (C=O) groups is 2. The normalized spacial score (nSPS) is 24.6. The fourth-order valence-corrected chi connectivity index (χ4v) is 4.93. The molecule has 1 saturated carbocycles. The third-order valence-corrected chi connectivity index (χ3v) is 6.55. The molecule has 3 aliphatic rings. The Labute approximate surface area is 158 Å². The lowest BCUT2D eigenvalue weighted by Crippen LogP contribution is -2.47. The standard InChI is InChI=1S/C21H26F2N2O2/c1-2-24-18(26)11-14-13-20(17-12-15(22)3-4-16(14)17)7-9-25(10-8-20)19(27)21(23)5-6-21/h3-4,12,14H,2,5-11,13H2,1H3,(H,24,26)/t14-/m1/s1. The first-order valence-electron chi connectivity index (χ1n) is 9.92.